The molecule has 0 aromatic rings. The molecule has 0 saturated heterocycles. The van der Waals surface area contributed by atoms with Crippen LogP contribution in [0.15, 0.2) is 12.2 Å². The average molecular weight is 593 g/mol. The minimum absolute atomic E-state index is 0.176. The van der Waals surface area contributed by atoms with E-state index in [-0.39, 0.29) is 18.4 Å². The maximum Gasteiger partial charge on any atom is 0.428 e. The second kappa shape index (κ2) is 12.1. The predicted octanol–water partition coefficient (Wildman–Crippen LogP) is 6.18. The van der Waals surface area contributed by atoms with Crippen molar-refractivity contribution in [2.24, 2.45) is 0 Å². The lowest BCUT2D eigenvalue weighted by Gasteiger charge is -2.46. The van der Waals surface area contributed by atoms with Crippen molar-refractivity contribution in [1.29, 1.82) is 0 Å². The van der Waals surface area contributed by atoms with E-state index in [0.717, 1.165) is 13.8 Å². The summed E-state index contributed by atoms with van der Waals surface area (Å²) in [6.45, 7) is 11.3. The van der Waals surface area contributed by atoms with Gasteiger partial charge in [-0.05, 0) is 54.4 Å². The van der Waals surface area contributed by atoms with E-state index in [0.29, 0.717) is 13.8 Å². The van der Waals surface area contributed by atoms with Crippen molar-refractivity contribution in [2.45, 2.75) is 134 Å². The van der Waals surface area contributed by atoms with E-state index in [1.165, 1.54) is 27.7 Å². The first kappa shape index (κ1) is 37.4. The number of aliphatic hydroxyl groups is 2. The quantitative estimate of drug-likeness (QED) is 0.151. The topological polar surface area (TPSA) is 85.2 Å². The molecule has 0 aromatic heterocycles. The van der Waals surface area contributed by atoms with Gasteiger partial charge in [-0.25, -0.2) is 4.79 Å². The molecule has 0 fully saturated rings. The van der Waals surface area contributed by atoms with Gasteiger partial charge in [0.05, 0.1) is 11.7 Å². The Morgan fingerprint density at radius 3 is 1.54 bits per heavy atom. The molecule has 0 aliphatic rings. The Bertz CT molecular complexity index is 838. The molecule has 15 heteroatoms. The normalized spacial score (nSPS) is 20.7. The smallest absolute Gasteiger partial charge is 0.428 e. The molecule has 0 aliphatic carbocycles. The van der Waals surface area contributed by atoms with Crippen molar-refractivity contribution in [1.82, 2.24) is 0 Å². The number of rotatable bonds is 13. The van der Waals surface area contributed by atoms with Crippen molar-refractivity contribution >= 4 is 5.97 Å². The third kappa shape index (κ3) is 8.23. The van der Waals surface area contributed by atoms with E-state index in [9.17, 15) is 54.5 Å². The van der Waals surface area contributed by atoms with Gasteiger partial charge in [0.25, 0.3) is 5.60 Å². The van der Waals surface area contributed by atoms with Gasteiger partial charge in [0, 0.05) is 12.0 Å². The first-order valence-electron chi connectivity index (χ1n) is 11.9. The summed E-state index contributed by atoms with van der Waals surface area (Å²) in [6.07, 6.45) is -25.2. The zero-order valence-electron chi connectivity index (χ0n) is 23.0. The number of carbonyl (C=O) groups is 1. The van der Waals surface area contributed by atoms with Gasteiger partial charge in [-0.3, -0.25) is 0 Å². The molecule has 0 rings (SSSR count). The molecule has 2 N–H and O–H groups in total. The fourth-order valence-corrected chi connectivity index (χ4v) is 3.55. The van der Waals surface area contributed by atoms with Gasteiger partial charge in [0.2, 0.25) is 0 Å². The van der Waals surface area contributed by atoms with Gasteiger partial charge in [-0.1, -0.05) is 20.4 Å². The monoisotopic (exact) mass is 592 g/mol. The molecule has 0 aromatic carbocycles. The van der Waals surface area contributed by atoms with Crippen LogP contribution in [-0.4, -0.2) is 75.4 Å². The van der Waals surface area contributed by atoms with Crippen LogP contribution >= 0.6 is 0 Å². The van der Waals surface area contributed by atoms with Crippen LogP contribution in [0.4, 0.5) is 39.5 Å². The van der Waals surface area contributed by atoms with Crippen molar-refractivity contribution in [2.75, 3.05) is 0 Å². The lowest BCUT2D eigenvalue weighted by atomic mass is 9.83. The van der Waals surface area contributed by atoms with Gasteiger partial charge >= 0.3 is 24.5 Å². The van der Waals surface area contributed by atoms with Crippen LogP contribution in [0.25, 0.3) is 0 Å². The summed E-state index contributed by atoms with van der Waals surface area (Å²) >= 11 is 0. The van der Waals surface area contributed by atoms with Crippen molar-refractivity contribution in [3.05, 3.63) is 12.2 Å². The van der Waals surface area contributed by atoms with E-state index < -0.39 is 71.6 Å². The molecule has 0 radical (unpaired) electrons. The highest BCUT2D eigenvalue weighted by Crippen LogP contribution is 2.48. The van der Waals surface area contributed by atoms with E-state index in [1.807, 2.05) is 0 Å². The standard InChI is InChI=1S/C24H37F9O6/c1-10-18(7,38-15(6)21(36,23(28,29)30)24(31,32)33)12-16(37-17(34)13(3)4)19(8,11-2)39-14(5)20(9,35)22(25,26)27/h14-16,35-36H,3,10-12H2,1-2,4-9H3. The zero-order valence-corrected chi connectivity index (χ0v) is 23.0. The number of hydrogen-bond acceptors (Lipinski definition) is 6. The highest BCUT2D eigenvalue weighted by molar-refractivity contribution is 5.87. The van der Waals surface area contributed by atoms with Crippen LogP contribution in [0.5, 0.6) is 0 Å². The molecule has 0 spiro atoms. The van der Waals surface area contributed by atoms with Crippen LogP contribution in [0.1, 0.15) is 74.7 Å². The summed E-state index contributed by atoms with van der Waals surface area (Å²) in [5, 5.41) is 19.8. The Balaban J connectivity index is 6.61. The maximum absolute atomic E-state index is 13.4. The molecule has 232 valence electrons. The van der Waals surface area contributed by atoms with E-state index >= 15 is 0 Å². The number of esters is 1. The lowest BCUT2D eigenvalue weighted by molar-refractivity contribution is -0.399. The summed E-state index contributed by atoms with van der Waals surface area (Å²) in [5.41, 5.74) is -12.7. The summed E-state index contributed by atoms with van der Waals surface area (Å²) in [4.78, 5) is 12.4. The number of ether oxygens (including phenoxy) is 3. The Morgan fingerprint density at radius 2 is 1.23 bits per heavy atom. The van der Waals surface area contributed by atoms with Crippen LogP contribution in [0, 0.1) is 0 Å². The van der Waals surface area contributed by atoms with Crippen LogP contribution < -0.4 is 0 Å². The fourth-order valence-electron chi connectivity index (χ4n) is 3.55. The third-order valence-electron chi connectivity index (χ3n) is 7.07. The van der Waals surface area contributed by atoms with Gasteiger partial charge in [-0.2, -0.15) is 39.5 Å². The molecule has 6 atom stereocenters. The molecule has 0 bridgehead atoms. The summed E-state index contributed by atoms with van der Waals surface area (Å²) < 4.78 is 137. The lowest BCUT2D eigenvalue weighted by Crippen LogP contribution is -2.65. The largest absolute Gasteiger partial charge is 0.456 e. The molecule has 6 nitrogen and oxygen atoms in total. The zero-order chi connectivity index (χ0) is 31.6. The molecule has 0 amide bonds. The Hall–Kier alpha value is -1.58. The first-order chi connectivity index (χ1) is 17.1. The Kier molecular flexibility index (Phi) is 11.6. The summed E-state index contributed by atoms with van der Waals surface area (Å²) in [7, 11) is 0. The second-order valence-corrected chi connectivity index (χ2v) is 10.3. The molecule has 0 aliphatic heterocycles. The van der Waals surface area contributed by atoms with E-state index in [1.54, 1.807) is 0 Å². The Morgan fingerprint density at radius 1 is 0.795 bits per heavy atom. The fraction of sp³-hybridized carbons (Fsp3) is 0.875. The Labute approximate surface area is 221 Å². The molecular weight excluding hydrogens is 555 g/mol. The minimum atomic E-state index is -6.19. The number of hydrogen-bond donors (Lipinski definition) is 2. The van der Waals surface area contributed by atoms with Crippen molar-refractivity contribution in [3.8, 4) is 0 Å². The van der Waals surface area contributed by atoms with Gasteiger partial charge in [0.1, 0.15) is 17.8 Å². The molecule has 0 heterocycles. The number of halogens is 9. The number of alkyl halides is 9. The van der Waals surface area contributed by atoms with E-state index in [4.69, 9.17) is 14.2 Å². The molecular formula is C24H37F9O6. The van der Waals surface area contributed by atoms with Crippen LogP contribution in [-0.2, 0) is 19.0 Å². The van der Waals surface area contributed by atoms with Gasteiger partial charge in [-0.15, -0.1) is 0 Å². The highest BCUT2D eigenvalue weighted by Gasteiger charge is 2.74. The highest BCUT2D eigenvalue weighted by atomic mass is 19.4. The summed E-state index contributed by atoms with van der Waals surface area (Å²) in [5.74, 6) is -1.08. The third-order valence-corrected chi connectivity index (χ3v) is 7.07. The van der Waals surface area contributed by atoms with Gasteiger partial charge < -0.3 is 24.4 Å². The molecule has 39 heavy (non-hydrogen) atoms. The summed E-state index contributed by atoms with van der Waals surface area (Å²) in [6, 6.07) is 0. The van der Waals surface area contributed by atoms with Crippen molar-refractivity contribution < 1.29 is 68.7 Å². The molecule has 0 saturated carbocycles. The maximum atomic E-state index is 13.4. The van der Waals surface area contributed by atoms with Crippen molar-refractivity contribution in [3.63, 3.8) is 0 Å². The number of carbonyl (C=O) groups excluding carboxylic acids is 1. The molecule has 6 unspecified atom stereocenters. The van der Waals surface area contributed by atoms with Gasteiger partial charge in [0.15, 0.2) is 5.60 Å². The average Bonchev–Trinajstić information content (AvgIpc) is 2.75. The SMILES string of the molecule is C=C(C)C(=O)OC(CC(C)(CC)OC(C)C(O)(C(F)(F)F)C(F)(F)F)C(C)(CC)OC(C)C(C)(O)C(F)(F)F. The van der Waals surface area contributed by atoms with Crippen LogP contribution in [0.3, 0.4) is 0 Å². The van der Waals surface area contributed by atoms with Crippen LogP contribution in [0.2, 0.25) is 0 Å². The second-order valence-electron chi connectivity index (χ2n) is 10.3. The predicted molar refractivity (Wildman–Crippen MR) is 122 cm³/mol. The first-order valence-corrected chi connectivity index (χ1v) is 11.9. The van der Waals surface area contributed by atoms with E-state index in [2.05, 4.69) is 6.58 Å². The minimum Gasteiger partial charge on any atom is -0.456 e.